The van der Waals surface area contributed by atoms with Gasteiger partial charge >= 0.3 is 12.3 Å². The van der Waals surface area contributed by atoms with Crippen molar-refractivity contribution in [1.29, 1.82) is 0 Å². The van der Waals surface area contributed by atoms with E-state index < -0.39 is 19.0 Å². The molecule has 27 heavy (non-hydrogen) atoms. The smallest absolute Gasteiger partial charge is 0.340 e. The number of benzene rings is 2. The van der Waals surface area contributed by atoms with E-state index >= 15 is 0 Å². The maximum atomic E-state index is 12.8. The number of halogens is 4. The zero-order valence-corrected chi connectivity index (χ0v) is 17.2. The molecule has 0 atom stereocenters. The van der Waals surface area contributed by atoms with E-state index in [4.69, 9.17) is 14.6 Å². The van der Waals surface area contributed by atoms with Crippen molar-refractivity contribution in [2.45, 2.75) is 18.8 Å². The van der Waals surface area contributed by atoms with Gasteiger partial charge in [-0.15, -0.1) is 0 Å². The van der Waals surface area contributed by atoms with Crippen LogP contribution in [0, 0.1) is 6.42 Å². The summed E-state index contributed by atoms with van der Waals surface area (Å²) in [6, 6.07) is 13.7. The van der Waals surface area contributed by atoms with Crippen molar-refractivity contribution in [3.8, 4) is 11.5 Å². The third-order valence-electron chi connectivity index (χ3n) is 3.50. The third kappa shape index (κ3) is 7.89. The van der Waals surface area contributed by atoms with Gasteiger partial charge in [-0.3, -0.25) is 6.42 Å². The second kappa shape index (κ2) is 11.3. The van der Waals surface area contributed by atoms with Crippen molar-refractivity contribution in [3.63, 3.8) is 0 Å². The van der Waals surface area contributed by atoms with Crippen molar-refractivity contribution in [2.75, 3.05) is 19.8 Å². The predicted molar refractivity (Wildman–Crippen MR) is 89.0 cm³/mol. The monoisotopic (exact) mass is 555 g/mol. The molecule has 0 aliphatic rings. The molecular weight excluding hydrogens is 536 g/mol. The van der Waals surface area contributed by atoms with Gasteiger partial charge in [0.1, 0.15) is 11.5 Å². The number of aliphatic hydroxyl groups excluding tert-OH is 1. The Labute approximate surface area is 169 Å². The Morgan fingerprint density at radius 3 is 1.81 bits per heavy atom. The Kier molecular flexibility index (Phi) is 9.81. The molecule has 2 aromatic rings. The summed E-state index contributed by atoms with van der Waals surface area (Å²) in [4.78, 5) is 0. The molecule has 0 spiro atoms. The van der Waals surface area contributed by atoms with E-state index in [-0.39, 0.29) is 33.4 Å². The number of rotatable bonds is 10. The standard InChI is InChI=1S/C19H19F4O3.W/c20-18(21)19(22,23)13-26-17-8-4-15(5-9-17)12-14-2-6-16(7-3-14)25-11-1-10-24;/h1-9,18,24H,10-13H2;/q-1;. The maximum absolute atomic E-state index is 12.8. The average Bonchev–Trinajstić information content (AvgIpc) is 2.63. The van der Waals surface area contributed by atoms with E-state index in [2.05, 4.69) is 0 Å². The van der Waals surface area contributed by atoms with E-state index in [1.165, 1.54) is 12.1 Å². The van der Waals surface area contributed by atoms with Crippen LogP contribution in [0.25, 0.3) is 0 Å². The van der Waals surface area contributed by atoms with Gasteiger partial charge in [0.25, 0.3) is 0 Å². The summed E-state index contributed by atoms with van der Waals surface area (Å²) in [6.45, 7) is -1.08. The molecule has 148 valence electrons. The van der Waals surface area contributed by atoms with Crippen molar-refractivity contribution >= 4 is 0 Å². The Balaban J connectivity index is 0.00000364. The second-order valence-corrected chi connectivity index (χ2v) is 5.60. The minimum absolute atomic E-state index is 0. The van der Waals surface area contributed by atoms with Gasteiger partial charge in [0.15, 0.2) is 6.61 Å². The van der Waals surface area contributed by atoms with Crippen molar-refractivity contribution in [3.05, 3.63) is 66.1 Å². The fourth-order valence-electron chi connectivity index (χ4n) is 2.09. The molecule has 0 aliphatic heterocycles. The van der Waals surface area contributed by atoms with Gasteiger partial charge in [0.05, 0.1) is 0 Å². The van der Waals surface area contributed by atoms with Crippen molar-refractivity contribution in [2.24, 2.45) is 0 Å². The molecule has 0 heterocycles. The van der Waals surface area contributed by atoms with Crippen LogP contribution in [0.4, 0.5) is 17.6 Å². The first-order valence-electron chi connectivity index (χ1n) is 7.92. The molecule has 2 aromatic carbocycles. The summed E-state index contributed by atoms with van der Waals surface area (Å²) in [6.07, 6.45) is -1.55. The topological polar surface area (TPSA) is 38.7 Å². The molecule has 1 N–H and O–H groups in total. The van der Waals surface area contributed by atoms with Crippen molar-refractivity contribution in [1.82, 2.24) is 0 Å². The summed E-state index contributed by atoms with van der Waals surface area (Å²) in [5, 5.41) is 8.65. The van der Waals surface area contributed by atoms with Crippen LogP contribution in [0.3, 0.4) is 0 Å². The summed E-state index contributed by atoms with van der Waals surface area (Å²) >= 11 is 0. The first kappa shape index (κ1) is 23.4. The zero-order chi connectivity index (χ0) is 19.0. The number of hydrogen-bond donors (Lipinski definition) is 1. The normalized spacial score (nSPS) is 11.2. The molecule has 0 saturated heterocycles. The molecule has 0 bridgehead atoms. The van der Waals surface area contributed by atoms with Crippen LogP contribution in [-0.4, -0.2) is 37.3 Å². The van der Waals surface area contributed by atoms with Gasteiger partial charge in [-0.05, 0) is 48.4 Å². The van der Waals surface area contributed by atoms with Gasteiger partial charge in [-0.1, -0.05) is 30.9 Å². The van der Waals surface area contributed by atoms with E-state index in [1.807, 2.05) is 24.3 Å². The molecule has 3 nitrogen and oxygen atoms in total. The van der Waals surface area contributed by atoms with Gasteiger partial charge in [0.2, 0.25) is 0 Å². The van der Waals surface area contributed by atoms with Crippen LogP contribution in [0.2, 0.25) is 0 Å². The maximum Gasteiger partial charge on any atom is 0.340 e. The molecule has 0 saturated carbocycles. The fourth-order valence-corrected chi connectivity index (χ4v) is 2.09. The van der Waals surface area contributed by atoms with Gasteiger partial charge in [0, 0.05) is 21.1 Å². The van der Waals surface area contributed by atoms with Crippen molar-refractivity contribution < 1.29 is 53.2 Å². The fraction of sp³-hybridized carbons (Fsp3) is 0.316. The van der Waals surface area contributed by atoms with E-state index in [9.17, 15) is 17.6 Å². The first-order chi connectivity index (χ1) is 12.4. The first-order valence-corrected chi connectivity index (χ1v) is 7.92. The summed E-state index contributed by atoms with van der Waals surface area (Å²) in [5.74, 6) is -3.38. The Morgan fingerprint density at radius 1 is 0.889 bits per heavy atom. The van der Waals surface area contributed by atoms with Crippen LogP contribution >= 0.6 is 0 Å². The van der Waals surface area contributed by atoms with E-state index in [1.54, 1.807) is 18.6 Å². The molecule has 0 radical (unpaired) electrons. The molecule has 0 amide bonds. The Bertz CT molecular complexity index is 664. The van der Waals surface area contributed by atoms with Crippen LogP contribution < -0.4 is 9.47 Å². The molecule has 0 unspecified atom stereocenters. The minimum Gasteiger partial charge on any atom is -0.525 e. The van der Waals surface area contributed by atoms with E-state index in [0.29, 0.717) is 18.8 Å². The van der Waals surface area contributed by atoms with Gasteiger partial charge in [-0.25, -0.2) is 8.78 Å². The number of hydrogen-bond acceptors (Lipinski definition) is 3. The second-order valence-electron chi connectivity index (χ2n) is 5.60. The molecular formula is C19H19F4O3W-. The molecule has 0 fully saturated rings. The number of aliphatic hydroxyl groups is 1. The quantitative estimate of drug-likeness (QED) is 0.273. The predicted octanol–water partition coefficient (Wildman–Crippen LogP) is 4.13. The molecule has 2 rings (SSSR count). The molecule has 0 aliphatic carbocycles. The van der Waals surface area contributed by atoms with Gasteiger partial charge < -0.3 is 14.6 Å². The van der Waals surface area contributed by atoms with Crippen LogP contribution in [0.15, 0.2) is 48.5 Å². The van der Waals surface area contributed by atoms with Crippen LogP contribution in [0.1, 0.15) is 11.1 Å². The van der Waals surface area contributed by atoms with Gasteiger partial charge in [-0.2, -0.15) is 8.78 Å². The van der Waals surface area contributed by atoms with E-state index in [0.717, 1.165) is 11.1 Å². The zero-order valence-electron chi connectivity index (χ0n) is 14.3. The summed E-state index contributed by atoms with van der Waals surface area (Å²) < 4.78 is 60.0. The Hall–Kier alpha value is -1.59. The number of alkyl halides is 4. The van der Waals surface area contributed by atoms with Crippen LogP contribution in [0.5, 0.6) is 11.5 Å². The number of ether oxygens (including phenoxy) is 2. The third-order valence-corrected chi connectivity index (χ3v) is 3.50. The molecule has 0 aromatic heterocycles. The molecule has 8 heteroatoms. The minimum atomic E-state index is -4.17. The largest absolute Gasteiger partial charge is 0.525 e. The van der Waals surface area contributed by atoms with Crippen LogP contribution in [-0.2, 0) is 27.5 Å². The SMILES string of the molecule is OC[CH-]COc1ccc(Cc2ccc(OCC(F)(F)C(F)F)cc2)cc1.[W]. The summed E-state index contributed by atoms with van der Waals surface area (Å²) in [7, 11) is 0. The summed E-state index contributed by atoms with van der Waals surface area (Å²) in [5.41, 5.74) is 1.93. The average molecular weight is 555 g/mol. The Morgan fingerprint density at radius 2 is 1.37 bits per heavy atom.